The van der Waals surface area contributed by atoms with Crippen LogP contribution in [0.1, 0.15) is 38.3 Å². The summed E-state index contributed by atoms with van der Waals surface area (Å²) in [5, 5.41) is 0. The van der Waals surface area contributed by atoms with Crippen molar-refractivity contribution in [3.63, 3.8) is 0 Å². The fraction of sp³-hybridized carbons (Fsp3) is 0.375. The maximum atomic E-state index is 4.37. The zero-order valence-corrected chi connectivity index (χ0v) is 12.7. The molecule has 0 radical (unpaired) electrons. The molecule has 2 aromatic heterocycles. The highest BCUT2D eigenvalue weighted by molar-refractivity contribution is 7.16. The van der Waals surface area contributed by atoms with Gasteiger partial charge in [0.15, 0.2) is 0 Å². The Morgan fingerprint density at radius 1 is 1.25 bits per heavy atom. The number of benzene rings is 1. The van der Waals surface area contributed by atoms with Gasteiger partial charge in [-0.2, -0.15) is 0 Å². The maximum absolute atomic E-state index is 4.37. The van der Waals surface area contributed by atoms with Gasteiger partial charge >= 0.3 is 0 Å². The van der Waals surface area contributed by atoms with Crippen LogP contribution in [-0.2, 0) is 0 Å². The Morgan fingerprint density at radius 2 is 2.10 bits per heavy atom. The molecular weight excluding hydrogens is 266 g/mol. The van der Waals surface area contributed by atoms with E-state index in [-0.39, 0.29) is 0 Å². The fourth-order valence-corrected chi connectivity index (χ4v) is 3.64. The second-order valence-electron chi connectivity index (χ2n) is 5.11. The van der Waals surface area contributed by atoms with Crippen LogP contribution in [0.2, 0.25) is 0 Å². The van der Waals surface area contributed by atoms with Crippen molar-refractivity contribution in [2.24, 2.45) is 5.92 Å². The lowest BCUT2D eigenvalue weighted by Gasteiger charge is -2.27. The Kier molecular flexibility index (Phi) is 3.83. The fourth-order valence-electron chi connectivity index (χ4n) is 2.91. The number of nitrogens with zero attached hydrogens (tertiary/aromatic N) is 3. The van der Waals surface area contributed by atoms with Gasteiger partial charge in [-0.15, -0.1) is 11.3 Å². The zero-order chi connectivity index (χ0) is 13.9. The minimum atomic E-state index is 0.360. The van der Waals surface area contributed by atoms with Crippen molar-refractivity contribution < 1.29 is 0 Å². The molecule has 0 amide bonds. The van der Waals surface area contributed by atoms with Gasteiger partial charge in [-0.05, 0) is 23.6 Å². The molecule has 3 nitrogen and oxygen atoms in total. The van der Waals surface area contributed by atoms with Crippen LogP contribution in [0.25, 0.3) is 10.2 Å². The van der Waals surface area contributed by atoms with E-state index in [0.717, 1.165) is 5.52 Å². The third-order valence-corrected chi connectivity index (χ3v) is 4.83. The Labute approximate surface area is 123 Å². The molecular formula is C16H19N3S. The molecule has 0 bridgehead atoms. The standard InChI is InChI=1S/C16H19N3S/c1-3-12(4-2)16(19-8-7-17-10-19)13-5-6-14-15(9-13)20-11-18-14/h5-12,16H,3-4H2,1-2H3. The van der Waals surface area contributed by atoms with Gasteiger partial charge in [-0.3, -0.25) is 0 Å². The lowest BCUT2D eigenvalue weighted by Crippen LogP contribution is -2.18. The number of aromatic nitrogens is 3. The number of fused-ring (bicyclic) bond motifs is 1. The van der Waals surface area contributed by atoms with E-state index in [1.165, 1.54) is 23.1 Å². The minimum absolute atomic E-state index is 0.360. The van der Waals surface area contributed by atoms with Gasteiger partial charge in [0.25, 0.3) is 0 Å². The third kappa shape index (κ3) is 2.36. The molecule has 4 heteroatoms. The van der Waals surface area contributed by atoms with Gasteiger partial charge in [0.05, 0.1) is 28.1 Å². The first-order chi connectivity index (χ1) is 9.83. The van der Waals surface area contributed by atoms with E-state index in [2.05, 4.69) is 52.8 Å². The second-order valence-corrected chi connectivity index (χ2v) is 6.00. The van der Waals surface area contributed by atoms with Crippen LogP contribution >= 0.6 is 11.3 Å². The summed E-state index contributed by atoms with van der Waals surface area (Å²) in [6.07, 6.45) is 8.19. The molecule has 104 valence electrons. The highest BCUT2D eigenvalue weighted by atomic mass is 32.1. The van der Waals surface area contributed by atoms with Crippen molar-refractivity contribution >= 4 is 21.6 Å². The molecule has 1 unspecified atom stereocenters. The van der Waals surface area contributed by atoms with E-state index in [1.807, 2.05) is 18.0 Å². The summed E-state index contributed by atoms with van der Waals surface area (Å²) >= 11 is 1.71. The van der Waals surface area contributed by atoms with Crippen molar-refractivity contribution in [3.05, 3.63) is 48.0 Å². The van der Waals surface area contributed by atoms with Crippen molar-refractivity contribution in [1.82, 2.24) is 14.5 Å². The smallest absolute Gasteiger partial charge is 0.0951 e. The van der Waals surface area contributed by atoms with E-state index < -0.39 is 0 Å². The van der Waals surface area contributed by atoms with Gasteiger partial charge in [0.1, 0.15) is 0 Å². The molecule has 0 N–H and O–H groups in total. The number of thiazole rings is 1. The molecule has 0 aliphatic heterocycles. The van der Waals surface area contributed by atoms with Crippen molar-refractivity contribution in [2.75, 3.05) is 0 Å². The summed E-state index contributed by atoms with van der Waals surface area (Å²) < 4.78 is 3.50. The predicted octanol–water partition coefficient (Wildman–Crippen LogP) is 4.52. The highest BCUT2D eigenvalue weighted by Gasteiger charge is 2.22. The molecule has 0 aliphatic carbocycles. The van der Waals surface area contributed by atoms with Crippen molar-refractivity contribution in [3.8, 4) is 0 Å². The molecule has 3 aromatic rings. The van der Waals surface area contributed by atoms with Crippen LogP contribution in [0.4, 0.5) is 0 Å². The third-order valence-electron chi connectivity index (χ3n) is 4.04. The van der Waals surface area contributed by atoms with Gasteiger partial charge in [-0.25, -0.2) is 9.97 Å². The Bertz CT molecular complexity index is 668. The van der Waals surface area contributed by atoms with Gasteiger partial charge in [-0.1, -0.05) is 32.8 Å². The summed E-state index contributed by atoms with van der Waals surface area (Å²) in [5.74, 6) is 0.620. The van der Waals surface area contributed by atoms with Crippen LogP contribution in [-0.4, -0.2) is 14.5 Å². The quantitative estimate of drug-likeness (QED) is 0.690. The molecule has 2 heterocycles. The second kappa shape index (κ2) is 5.75. The number of rotatable bonds is 5. The van der Waals surface area contributed by atoms with Crippen LogP contribution < -0.4 is 0 Å². The SMILES string of the molecule is CCC(CC)C(c1ccc2ncsc2c1)n1ccnc1. The summed E-state index contributed by atoms with van der Waals surface area (Å²) in [6.45, 7) is 4.53. The average Bonchev–Trinajstić information content (AvgIpc) is 3.14. The van der Waals surface area contributed by atoms with Crippen LogP contribution in [0.5, 0.6) is 0 Å². The van der Waals surface area contributed by atoms with E-state index in [0.29, 0.717) is 12.0 Å². The van der Waals surface area contributed by atoms with E-state index in [4.69, 9.17) is 0 Å². The number of imidazole rings is 1. The Hall–Kier alpha value is -1.68. The minimum Gasteiger partial charge on any atom is -0.330 e. The molecule has 0 fully saturated rings. The van der Waals surface area contributed by atoms with Crippen LogP contribution in [0.15, 0.2) is 42.4 Å². The van der Waals surface area contributed by atoms with Gasteiger partial charge < -0.3 is 4.57 Å². The summed E-state index contributed by atoms with van der Waals surface area (Å²) in [7, 11) is 0. The first kappa shape index (κ1) is 13.3. The van der Waals surface area contributed by atoms with Crippen LogP contribution in [0, 0.1) is 5.92 Å². The van der Waals surface area contributed by atoms with Crippen molar-refractivity contribution in [2.45, 2.75) is 32.7 Å². The molecule has 0 aliphatic rings. The monoisotopic (exact) mass is 285 g/mol. The molecule has 0 spiro atoms. The molecule has 0 saturated carbocycles. The summed E-state index contributed by atoms with van der Waals surface area (Å²) in [5.41, 5.74) is 4.36. The molecule has 0 saturated heterocycles. The largest absolute Gasteiger partial charge is 0.330 e. The van der Waals surface area contributed by atoms with E-state index in [9.17, 15) is 0 Å². The van der Waals surface area contributed by atoms with E-state index in [1.54, 1.807) is 11.3 Å². The Morgan fingerprint density at radius 3 is 2.80 bits per heavy atom. The van der Waals surface area contributed by atoms with E-state index >= 15 is 0 Å². The summed E-state index contributed by atoms with van der Waals surface area (Å²) in [6, 6.07) is 6.99. The molecule has 1 aromatic carbocycles. The van der Waals surface area contributed by atoms with Gasteiger partial charge in [0.2, 0.25) is 0 Å². The van der Waals surface area contributed by atoms with Crippen LogP contribution in [0.3, 0.4) is 0 Å². The topological polar surface area (TPSA) is 30.7 Å². The summed E-state index contributed by atoms with van der Waals surface area (Å²) in [4.78, 5) is 8.59. The predicted molar refractivity (Wildman–Crippen MR) is 84.1 cm³/mol. The van der Waals surface area contributed by atoms with Crippen molar-refractivity contribution in [1.29, 1.82) is 0 Å². The van der Waals surface area contributed by atoms with Gasteiger partial charge in [0, 0.05) is 12.4 Å². The zero-order valence-electron chi connectivity index (χ0n) is 11.9. The highest BCUT2D eigenvalue weighted by Crippen LogP contribution is 2.33. The lowest BCUT2D eigenvalue weighted by molar-refractivity contribution is 0.355. The number of hydrogen-bond acceptors (Lipinski definition) is 3. The normalized spacial score (nSPS) is 13.2. The average molecular weight is 285 g/mol. The molecule has 1 atom stereocenters. The molecule has 20 heavy (non-hydrogen) atoms. The number of hydrogen-bond donors (Lipinski definition) is 0. The first-order valence-corrected chi connectivity index (χ1v) is 8.02. The lowest BCUT2D eigenvalue weighted by atomic mass is 9.88. The first-order valence-electron chi connectivity index (χ1n) is 7.14. The Balaban J connectivity index is 2.07. The molecule has 3 rings (SSSR count). The maximum Gasteiger partial charge on any atom is 0.0951 e.